The van der Waals surface area contributed by atoms with Crippen molar-refractivity contribution in [3.63, 3.8) is 0 Å². The monoisotopic (exact) mass is 465 g/mol. The van der Waals surface area contributed by atoms with Crippen molar-refractivity contribution in [3.05, 3.63) is 36.2 Å². The maximum atomic E-state index is 13.6. The second kappa shape index (κ2) is 11.5. The number of carbonyl (C=O) groups is 1. The molecule has 1 amide bonds. The third-order valence-electron chi connectivity index (χ3n) is 5.05. The fraction of sp³-hybridized carbons (Fsp3) is 0.500. The largest absolute Gasteiger partial charge is 0.494 e. The van der Waals surface area contributed by atoms with Crippen molar-refractivity contribution < 1.29 is 9.53 Å². The van der Waals surface area contributed by atoms with Crippen LogP contribution in [0.15, 0.2) is 30.5 Å². The van der Waals surface area contributed by atoms with Gasteiger partial charge >= 0.3 is 0 Å². The Morgan fingerprint density at radius 1 is 1.16 bits per heavy atom. The standard InChI is InChI=1S/C22H31N5O2S.ClH/c1-6-25(7-2)13-14-26(21(28)19-11-12-23-27(19)16(4)5)22-24-18-10-9-17(29-8-3)15-20(18)30-22;/h9-12,15-16H,6-8,13-14H2,1-5H3;1H. The number of ether oxygens (including phenoxy) is 1. The molecule has 0 bridgehead atoms. The summed E-state index contributed by atoms with van der Waals surface area (Å²) in [6.07, 6.45) is 1.68. The molecule has 7 nitrogen and oxygen atoms in total. The first-order chi connectivity index (χ1) is 14.5. The Morgan fingerprint density at radius 3 is 2.55 bits per heavy atom. The zero-order valence-electron chi connectivity index (χ0n) is 18.9. The Kier molecular flexibility index (Phi) is 9.28. The second-order valence-corrected chi connectivity index (χ2v) is 8.31. The number of rotatable bonds is 10. The molecule has 0 atom stereocenters. The first kappa shape index (κ1) is 25.1. The van der Waals surface area contributed by atoms with Crippen LogP contribution in [-0.2, 0) is 0 Å². The molecule has 3 rings (SSSR count). The number of hydrogen-bond donors (Lipinski definition) is 0. The number of anilines is 1. The van der Waals surface area contributed by atoms with E-state index >= 15 is 0 Å². The predicted molar refractivity (Wildman–Crippen MR) is 130 cm³/mol. The van der Waals surface area contributed by atoms with E-state index in [9.17, 15) is 4.79 Å². The summed E-state index contributed by atoms with van der Waals surface area (Å²) in [6, 6.07) is 7.75. The molecule has 2 heterocycles. The summed E-state index contributed by atoms with van der Waals surface area (Å²) in [5.41, 5.74) is 1.45. The lowest BCUT2D eigenvalue weighted by atomic mass is 10.3. The lowest BCUT2D eigenvalue weighted by Gasteiger charge is -2.25. The Labute approximate surface area is 194 Å². The highest BCUT2D eigenvalue weighted by molar-refractivity contribution is 7.22. The van der Waals surface area contributed by atoms with Crippen LogP contribution in [0.25, 0.3) is 10.2 Å². The van der Waals surface area contributed by atoms with Gasteiger partial charge in [0.05, 0.1) is 16.8 Å². The van der Waals surface area contributed by atoms with Gasteiger partial charge in [-0.15, -0.1) is 12.4 Å². The Hall–Kier alpha value is -2.16. The lowest BCUT2D eigenvalue weighted by Crippen LogP contribution is -2.39. The van der Waals surface area contributed by atoms with Crippen LogP contribution in [0.5, 0.6) is 5.75 Å². The summed E-state index contributed by atoms with van der Waals surface area (Å²) < 4.78 is 8.40. The van der Waals surface area contributed by atoms with E-state index in [4.69, 9.17) is 9.72 Å². The van der Waals surface area contributed by atoms with Crippen LogP contribution in [0, 0.1) is 0 Å². The average molecular weight is 466 g/mol. The van der Waals surface area contributed by atoms with Gasteiger partial charge in [-0.05, 0) is 58.1 Å². The van der Waals surface area contributed by atoms with Crippen molar-refractivity contribution in [2.75, 3.05) is 37.7 Å². The van der Waals surface area contributed by atoms with Crippen LogP contribution in [0.4, 0.5) is 5.13 Å². The van der Waals surface area contributed by atoms with Crippen molar-refractivity contribution >= 4 is 45.0 Å². The van der Waals surface area contributed by atoms with Gasteiger partial charge in [-0.25, -0.2) is 4.98 Å². The van der Waals surface area contributed by atoms with Crippen LogP contribution >= 0.6 is 23.7 Å². The summed E-state index contributed by atoms with van der Waals surface area (Å²) in [4.78, 5) is 22.4. The second-order valence-electron chi connectivity index (χ2n) is 7.30. The Bertz CT molecular complexity index is 983. The van der Waals surface area contributed by atoms with Gasteiger partial charge in [-0.1, -0.05) is 25.2 Å². The highest BCUT2D eigenvalue weighted by Gasteiger charge is 2.25. The van der Waals surface area contributed by atoms with Gasteiger partial charge in [0.25, 0.3) is 5.91 Å². The summed E-state index contributed by atoms with van der Waals surface area (Å²) in [5, 5.41) is 5.04. The van der Waals surface area contributed by atoms with Gasteiger partial charge < -0.3 is 9.64 Å². The number of fused-ring (bicyclic) bond motifs is 1. The van der Waals surface area contributed by atoms with Crippen molar-refractivity contribution in [3.8, 4) is 5.75 Å². The van der Waals surface area contributed by atoms with E-state index < -0.39 is 0 Å². The van der Waals surface area contributed by atoms with Gasteiger partial charge in [-0.3, -0.25) is 14.4 Å². The molecule has 2 aromatic heterocycles. The molecule has 170 valence electrons. The minimum atomic E-state index is -0.0718. The van der Waals surface area contributed by atoms with Crippen LogP contribution in [0.2, 0.25) is 0 Å². The number of aromatic nitrogens is 3. The number of thiazole rings is 1. The van der Waals surface area contributed by atoms with Gasteiger partial charge in [0.1, 0.15) is 11.4 Å². The first-order valence-electron chi connectivity index (χ1n) is 10.6. The third kappa shape index (κ3) is 5.75. The molecule has 0 saturated heterocycles. The SMILES string of the molecule is CCOc1ccc2nc(N(CCN(CC)CC)C(=O)c3ccnn3C(C)C)sc2c1.Cl. The molecule has 0 radical (unpaired) electrons. The number of nitrogens with zero attached hydrogens (tertiary/aromatic N) is 5. The number of halogens is 1. The highest BCUT2D eigenvalue weighted by atomic mass is 35.5. The van der Waals surface area contributed by atoms with Crippen molar-refractivity contribution in [2.45, 2.75) is 40.7 Å². The molecule has 0 aliphatic carbocycles. The zero-order chi connectivity index (χ0) is 21.7. The fourth-order valence-corrected chi connectivity index (χ4v) is 4.38. The van der Waals surface area contributed by atoms with Crippen LogP contribution in [0.1, 0.15) is 51.1 Å². The molecule has 3 aromatic rings. The fourth-order valence-electron chi connectivity index (χ4n) is 3.36. The van der Waals surface area contributed by atoms with Gasteiger partial charge in [0.15, 0.2) is 5.13 Å². The van der Waals surface area contributed by atoms with E-state index in [1.807, 2.05) is 39.0 Å². The van der Waals surface area contributed by atoms with Crippen LogP contribution in [0.3, 0.4) is 0 Å². The highest BCUT2D eigenvalue weighted by Crippen LogP contribution is 2.32. The Morgan fingerprint density at radius 2 is 1.90 bits per heavy atom. The molecule has 0 saturated carbocycles. The molecular weight excluding hydrogens is 434 g/mol. The predicted octanol–water partition coefficient (Wildman–Crippen LogP) is 4.88. The van der Waals surface area contributed by atoms with Crippen LogP contribution in [-0.4, -0.2) is 58.4 Å². The number of likely N-dealkylation sites (N-methyl/N-ethyl adjacent to an activating group) is 1. The van der Waals surface area contributed by atoms with Crippen molar-refractivity contribution in [2.24, 2.45) is 0 Å². The summed E-state index contributed by atoms with van der Waals surface area (Å²) in [7, 11) is 0. The number of carbonyl (C=O) groups excluding carboxylic acids is 1. The van der Waals surface area contributed by atoms with Gasteiger partial charge in [0.2, 0.25) is 0 Å². The van der Waals surface area contributed by atoms with Crippen molar-refractivity contribution in [1.82, 2.24) is 19.7 Å². The van der Waals surface area contributed by atoms with Gasteiger partial charge in [-0.2, -0.15) is 5.10 Å². The molecule has 0 fully saturated rings. The molecule has 0 unspecified atom stereocenters. The Balaban J connectivity index is 0.00000341. The molecule has 0 N–H and O–H groups in total. The summed E-state index contributed by atoms with van der Waals surface area (Å²) in [5.74, 6) is 0.747. The van der Waals surface area contributed by atoms with E-state index in [1.54, 1.807) is 21.8 Å². The number of benzene rings is 1. The molecule has 0 spiro atoms. The number of amides is 1. The quantitative estimate of drug-likeness (QED) is 0.427. The molecule has 0 aliphatic heterocycles. The summed E-state index contributed by atoms with van der Waals surface area (Å²) >= 11 is 1.52. The normalized spacial score (nSPS) is 11.2. The maximum absolute atomic E-state index is 13.6. The topological polar surface area (TPSA) is 63.5 Å². The molecule has 31 heavy (non-hydrogen) atoms. The van der Waals surface area contributed by atoms with E-state index in [0.717, 1.165) is 35.6 Å². The van der Waals surface area contributed by atoms with E-state index in [-0.39, 0.29) is 24.4 Å². The van der Waals surface area contributed by atoms with Gasteiger partial charge in [0, 0.05) is 25.3 Å². The third-order valence-corrected chi connectivity index (χ3v) is 6.09. The molecular formula is C22H32ClN5O2S. The maximum Gasteiger partial charge on any atom is 0.278 e. The molecule has 9 heteroatoms. The molecule has 0 aliphatic rings. The summed E-state index contributed by atoms with van der Waals surface area (Å²) in [6.45, 7) is 14.1. The molecule has 1 aromatic carbocycles. The zero-order valence-corrected chi connectivity index (χ0v) is 20.5. The first-order valence-corrected chi connectivity index (χ1v) is 11.4. The van der Waals surface area contributed by atoms with E-state index in [1.165, 1.54) is 11.3 Å². The van der Waals surface area contributed by atoms with E-state index in [0.29, 0.717) is 24.0 Å². The minimum absolute atomic E-state index is 0. The van der Waals surface area contributed by atoms with Crippen molar-refractivity contribution in [1.29, 1.82) is 0 Å². The van der Waals surface area contributed by atoms with E-state index in [2.05, 4.69) is 23.8 Å². The smallest absolute Gasteiger partial charge is 0.278 e. The number of hydrogen-bond acceptors (Lipinski definition) is 6. The minimum Gasteiger partial charge on any atom is -0.494 e. The lowest BCUT2D eigenvalue weighted by molar-refractivity contribution is 0.0971. The van der Waals surface area contributed by atoms with Crippen LogP contribution < -0.4 is 9.64 Å². The average Bonchev–Trinajstić information content (AvgIpc) is 3.38.